The first-order valence-electron chi connectivity index (χ1n) is 7.62. The highest BCUT2D eigenvalue weighted by Crippen LogP contribution is 2.40. The number of amides is 1. The second kappa shape index (κ2) is 9.17. The smallest absolute Gasteiger partial charge is 0.266 e. The van der Waals surface area contributed by atoms with Gasteiger partial charge in [0, 0.05) is 10.6 Å². The molecule has 27 heavy (non-hydrogen) atoms. The lowest BCUT2D eigenvalue weighted by molar-refractivity contribution is -0.112. The maximum Gasteiger partial charge on any atom is 0.266 e. The van der Waals surface area contributed by atoms with E-state index >= 15 is 0 Å². The van der Waals surface area contributed by atoms with Crippen LogP contribution in [0.5, 0.6) is 17.2 Å². The number of halogens is 2. The minimum atomic E-state index is -0.640. The van der Waals surface area contributed by atoms with E-state index in [1.54, 1.807) is 24.3 Å². The minimum Gasteiger partial charge on any atom is -0.493 e. The van der Waals surface area contributed by atoms with Crippen LogP contribution in [-0.4, -0.2) is 27.2 Å². The van der Waals surface area contributed by atoms with Gasteiger partial charge in [-0.25, -0.2) is 0 Å². The second-order valence-corrected chi connectivity index (χ2v) is 6.02. The Morgan fingerprint density at radius 3 is 2.37 bits per heavy atom. The predicted molar refractivity (Wildman–Crippen MR) is 105 cm³/mol. The van der Waals surface area contributed by atoms with Crippen molar-refractivity contribution < 1.29 is 19.0 Å². The quantitative estimate of drug-likeness (QED) is 0.561. The summed E-state index contributed by atoms with van der Waals surface area (Å²) < 4.78 is 15.9. The monoisotopic (exact) mass is 406 g/mol. The summed E-state index contributed by atoms with van der Waals surface area (Å²) in [6.07, 6.45) is 1.38. The molecule has 2 rings (SSSR count). The Morgan fingerprint density at radius 2 is 1.78 bits per heavy atom. The molecule has 0 bridgehead atoms. The lowest BCUT2D eigenvalue weighted by Crippen LogP contribution is -2.13. The lowest BCUT2D eigenvalue weighted by Gasteiger charge is -2.14. The first-order valence-corrected chi connectivity index (χ1v) is 8.37. The van der Waals surface area contributed by atoms with Gasteiger partial charge in [-0.3, -0.25) is 4.79 Å². The van der Waals surface area contributed by atoms with E-state index in [1.807, 2.05) is 6.07 Å². The zero-order valence-corrected chi connectivity index (χ0v) is 16.3. The fraction of sp³-hybridized carbons (Fsp3) is 0.158. The number of carbonyl (C=O) groups is 1. The zero-order valence-electron chi connectivity index (χ0n) is 14.8. The molecule has 0 aliphatic carbocycles. The van der Waals surface area contributed by atoms with Gasteiger partial charge in [-0.05, 0) is 36.4 Å². The van der Waals surface area contributed by atoms with Crippen LogP contribution in [-0.2, 0) is 4.79 Å². The number of benzene rings is 2. The van der Waals surface area contributed by atoms with Crippen molar-refractivity contribution in [1.82, 2.24) is 0 Å². The van der Waals surface area contributed by atoms with Gasteiger partial charge in [0.05, 0.1) is 32.0 Å². The largest absolute Gasteiger partial charge is 0.493 e. The molecule has 0 radical (unpaired) electrons. The SMILES string of the molecule is COc1ccc(/C=C(\C#N)C(=O)Nc2cc(Cl)ccc2Cl)c(OC)c1OC. The van der Waals surface area contributed by atoms with Crippen LogP contribution in [0, 0.1) is 11.3 Å². The molecule has 0 spiro atoms. The number of nitrogens with one attached hydrogen (secondary N) is 1. The third-order valence-electron chi connectivity index (χ3n) is 3.58. The fourth-order valence-electron chi connectivity index (χ4n) is 2.33. The molecule has 2 aromatic carbocycles. The van der Waals surface area contributed by atoms with Gasteiger partial charge in [0.2, 0.25) is 5.75 Å². The molecule has 140 valence electrons. The molecular weight excluding hydrogens is 391 g/mol. The molecule has 0 fully saturated rings. The molecule has 0 unspecified atom stereocenters. The van der Waals surface area contributed by atoms with Crippen LogP contribution in [0.3, 0.4) is 0 Å². The third-order valence-corrected chi connectivity index (χ3v) is 4.14. The molecule has 0 aromatic heterocycles. The molecule has 1 N–H and O–H groups in total. The number of ether oxygens (including phenoxy) is 3. The summed E-state index contributed by atoms with van der Waals surface area (Å²) in [6, 6.07) is 9.80. The van der Waals surface area contributed by atoms with Crippen LogP contribution >= 0.6 is 23.2 Å². The predicted octanol–water partition coefficient (Wildman–Crippen LogP) is 4.56. The maximum absolute atomic E-state index is 12.5. The van der Waals surface area contributed by atoms with E-state index in [1.165, 1.54) is 33.5 Å². The molecule has 2 aromatic rings. The maximum atomic E-state index is 12.5. The van der Waals surface area contributed by atoms with Gasteiger partial charge in [0.25, 0.3) is 5.91 Å². The van der Waals surface area contributed by atoms with Crippen molar-refractivity contribution in [2.24, 2.45) is 0 Å². The number of rotatable bonds is 6. The van der Waals surface area contributed by atoms with Crippen molar-refractivity contribution in [2.45, 2.75) is 0 Å². The first-order chi connectivity index (χ1) is 12.9. The van der Waals surface area contributed by atoms with Gasteiger partial charge in [0.1, 0.15) is 11.6 Å². The molecule has 0 aliphatic rings. The van der Waals surface area contributed by atoms with Crippen molar-refractivity contribution in [3.63, 3.8) is 0 Å². The second-order valence-electron chi connectivity index (χ2n) is 5.17. The Bertz CT molecular complexity index is 936. The van der Waals surface area contributed by atoms with E-state index in [-0.39, 0.29) is 5.57 Å². The van der Waals surface area contributed by atoms with Crippen molar-refractivity contribution in [1.29, 1.82) is 5.26 Å². The van der Waals surface area contributed by atoms with Crippen LogP contribution in [0.15, 0.2) is 35.9 Å². The fourth-order valence-corrected chi connectivity index (χ4v) is 2.66. The summed E-state index contributed by atoms with van der Waals surface area (Å²) in [7, 11) is 4.41. The standard InChI is InChI=1S/C19H16Cl2N2O4/c1-25-16-7-4-11(17(26-2)18(16)27-3)8-12(10-22)19(24)23-15-9-13(20)5-6-14(15)21/h4-9H,1-3H3,(H,23,24)/b12-8+. The molecule has 6 nitrogen and oxygen atoms in total. The summed E-state index contributed by atoms with van der Waals surface area (Å²) in [6.45, 7) is 0. The van der Waals surface area contributed by atoms with E-state index in [9.17, 15) is 10.1 Å². The number of carbonyl (C=O) groups excluding carboxylic acids is 1. The van der Waals surface area contributed by atoms with E-state index in [4.69, 9.17) is 37.4 Å². The molecular formula is C19H16Cl2N2O4. The summed E-state index contributed by atoms with van der Waals surface area (Å²) in [5.41, 5.74) is 0.616. The van der Waals surface area contributed by atoms with E-state index < -0.39 is 5.91 Å². The Labute approximate surface area is 166 Å². The van der Waals surface area contributed by atoms with Gasteiger partial charge >= 0.3 is 0 Å². The highest BCUT2D eigenvalue weighted by Gasteiger charge is 2.17. The van der Waals surface area contributed by atoms with Crippen LogP contribution in [0.25, 0.3) is 6.08 Å². The number of nitriles is 1. The molecule has 0 saturated carbocycles. The topological polar surface area (TPSA) is 80.6 Å². The van der Waals surface area contributed by atoms with Gasteiger partial charge in [-0.15, -0.1) is 0 Å². The van der Waals surface area contributed by atoms with Gasteiger partial charge in [0.15, 0.2) is 11.5 Å². The summed E-state index contributed by atoms with van der Waals surface area (Å²) in [5.74, 6) is 0.501. The summed E-state index contributed by atoms with van der Waals surface area (Å²) in [4.78, 5) is 12.5. The lowest BCUT2D eigenvalue weighted by atomic mass is 10.1. The average molecular weight is 407 g/mol. The zero-order chi connectivity index (χ0) is 20.0. The van der Waals surface area contributed by atoms with E-state index in [0.29, 0.717) is 38.5 Å². The number of nitrogens with zero attached hydrogens (tertiary/aromatic N) is 1. The van der Waals surface area contributed by atoms with E-state index in [0.717, 1.165) is 0 Å². The average Bonchev–Trinajstić information content (AvgIpc) is 2.67. The molecule has 0 aliphatic heterocycles. The van der Waals surface area contributed by atoms with Crippen molar-refractivity contribution in [2.75, 3.05) is 26.6 Å². The third kappa shape index (κ3) is 4.64. The van der Waals surface area contributed by atoms with E-state index in [2.05, 4.69) is 5.32 Å². The number of hydrogen-bond acceptors (Lipinski definition) is 5. The molecule has 1 amide bonds. The molecule has 8 heteroatoms. The van der Waals surface area contributed by atoms with Crippen LogP contribution in [0.1, 0.15) is 5.56 Å². The molecule has 0 heterocycles. The molecule has 0 atom stereocenters. The Hall–Kier alpha value is -2.88. The van der Waals surface area contributed by atoms with Crippen LogP contribution < -0.4 is 19.5 Å². The normalized spacial score (nSPS) is 10.7. The van der Waals surface area contributed by atoms with Crippen molar-refractivity contribution >= 4 is 40.9 Å². The summed E-state index contributed by atoms with van der Waals surface area (Å²) in [5, 5.41) is 12.7. The minimum absolute atomic E-state index is 0.156. The van der Waals surface area contributed by atoms with Gasteiger partial charge < -0.3 is 19.5 Å². The van der Waals surface area contributed by atoms with Crippen molar-refractivity contribution in [3.8, 4) is 23.3 Å². The van der Waals surface area contributed by atoms with Crippen LogP contribution in [0.2, 0.25) is 10.0 Å². The highest BCUT2D eigenvalue weighted by molar-refractivity contribution is 6.36. The Balaban J connectivity index is 2.42. The van der Waals surface area contributed by atoms with Crippen molar-refractivity contribution in [3.05, 3.63) is 51.5 Å². The Kier molecular flexibility index (Phi) is 6.94. The number of hydrogen-bond donors (Lipinski definition) is 1. The highest BCUT2D eigenvalue weighted by atomic mass is 35.5. The first kappa shape index (κ1) is 20.4. The number of methoxy groups -OCH3 is 3. The molecule has 0 saturated heterocycles. The summed E-state index contributed by atoms with van der Waals surface area (Å²) >= 11 is 12.0. The van der Waals surface area contributed by atoms with Gasteiger partial charge in [-0.1, -0.05) is 23.2 Å². The Morgan fingerprint density at radius 1 is 1.07 bits per heavy atom. The number of anilines is 1. The van der Waals surface area contributed by atoms with Crippen LogP contribution in [0.4, 0.5) is 5.69 Å². The van der Waals surface area contributed by atoms with Gasteiger partial charge in [-0.2, -0.15) is 5.26 Å².